The zero-order chi connectivity index (χ0) is 11.5. The average molecular weight is 262 g/mol. The fraction of sp³-hybridized carbons (Fsp3) is 0.273. The standard InChI is InChI=1S/C11H10Cl2FNO/c12-5-6-15-11(10(13)7-16-15)8-1-3-9(14)4-2-8/h1-4,7,11H,5-6H2. The van der Waals surface area contributed by atoms with Gasteiger partial charge >= 0.3 is 0 Å². The van der Waals surface area contributed by atoms with E-state index in [1.165, 1.54) is 18.4 Å². The zero-order valence-electron chi connectivity index (χ0n) is 8.37. The first-order chi connectivity index (χ1) is 7.72. The van der Waals surface area contributed by atoms with E-state index < -0.39 is 0 Å². The molecule has 1 atom stereocenters. The van der Waals surface area contributed by atoms with E-state index in [1.54, 1.807) is 17.2 Å². The molecule has 0 N–H and O–H groups in total. The third-order valence-electron chi connectivity index (χ3n) is 2.34. The first kappa shape index (κ1) is 11.7. The normalized spacial score (nSPS) is 20.7. The number of hydroxylamine groups is 2. The summed E-state index contributed by atoms with van der Waals surface area (Å²) >= 11 is 11.7. The molecule has 0 amide bonds. The second-order valence-electron chi connectivity index (χ2n) is 3.39. The van der Waals surface area contributed by atoms with E-state index in [4.69, 9.17) is 28.0 Å². The van der Waals surface area contributed by atoms with E-state index in [1.807, 2.05) is 0 Å². The number of hydrogen-bond donors (Lipinski definition) is 0. The molecule has 2 rings (SSSR count). The molecule has 0 fully saturated rings. The molecule has 0 saturated carbocycles. The van der Waals surface area contributed by atoms with Crippen LogP contribution in [0.1, 0.15) is 11.6 Å². The molecule has 1 aromatic rings. The van der Waals surface area contributed by atoms with Gasteiger partial charge in [-0.3, -0.25) is 0 Å². The zero-order valence-corrected chi connectivity index (χ0v) is 9.88. The lowest BCUT2D eigenvalue weighted by atomic mass is 10.1. The highest BCUT2D eigenvalue weighted by Gasteiger charge is 2.29. The van der Waals surface area contributed by atoms with Crippen LogP contribution in [0.15, 0.2) is 35.6 Å². The second kappa shape index (κ2) is 5.04. The third kappa shape index (κ3) is 2.32. The first-order valence-corrected chi connectivity index (χ1v) is 5.74. The molecule has 16 heavy (non-hydrogen) atoms. The highest BCUT2D eigenvalue weighted by Crippen LogP contribution is 2.36. The van der Waals surface area contributed by atoms with Crippen LogP contribution in [0.25, 0.3) is 0 Å². The van der Waals surface area contributed by atoms with Crippen molar-refractivity contribution in [2.45, 2.75) is 6.04 Å². The minimum absolute atomic E-state index is 0.194. The molecule has 0 bridgehead atoms. The van der Waals surface area contributed by atoms with Gasteiger partial charge in [0.05, 0.1) is 5.03 Å². The Kier molecular flexibility index (Phi) is 3.69. The van der Waals surface area contributed by atoms with Crippen LogP contribution in [0, 0.1) is 5.82 Å². The van der Waals surface area contributed by atoms with E-state index in [9.17, 15) is 4.39 Å². The minimum atomic E-state index is -0.272. The summed E-state index contributed by atoms with van der Waals surface area (Å²) in [5, 5.41) is 2.24. The Morgan fingerprint density at radius 2 is 2.00 bits per heavy atom. The summed E-state index contributed by atoms with van der Waals surface area (Å²) in [7, 11) is 0. The van der Waals surface area contributed by atoms with Gasteiger partial charge in [-0.05, 0) is 17.7 Å². The molecule has 0 radical (unpaired) electrons. The maximum Gasteiger partial charge on any atom is 0.128 e. The van der Waals surface area contributed by atoms with Crippen LogP contribution < -0.4 is 0 Å². The molecular formula is C11H10Cl2FNO. The summed E-state index contributed by atoms with van der Waals surface area (Å²) in [5.41, 5.74) is 0.880. The van der Waals surface area contributed by atoms with Gasteiger partial charge in [0.15, 0.2) is 0 Å². The quantitative estimate of drug-likeness (QED) is 0.774. The molecule has 2 nitrogen and oxygen atoms in total. The third-order valence-corrected chi connectivity index (χ3v) is 2.81. The van der Waals surface area contributed by atoms with Crippen molar-refractivity contribution in [1.82, 2.24) is 5.06 Å². The number of nitrogens with zero attached hydrogens (tertiary/aromatic N) is 1. The molecule has 1 heterocycles. The van der Waals surface area contributed by atoms with E-state index in [-0.39, 0.29) is 11.9 Å². The summed E-state index contributed by atoms with van der Waals surface area (Å²) in [6.07, 6.45) is 1.47. The van der Waals surface area contributed by atoms with Crippen LogP contribution in [0.2, 0.25) is 0 Å². The molecule has 1 unspecified atom stereocenters. The highest BCUT2D eigenvalue weighted by molar-refractivity contribution is 6.30. The maximum atomic E-state index is 12.8. The van der Waals surface area contributed by atoms with Crippen LogP contribution in [-0.2, 0) is 4.84 Å². The van der Waals surface area contributed by atoms with Gasteiger partial charge in [-0.15, -0.1) is 16.7 Å². The SMILES string of the molecule is Fc1ccc(C2C(Cl)=CON2CCCl)cc1. The fourth-order valence-electron chi connectivity index (χ4n) is 1.62. The summed E-state index contributed by atoms with van der Waals surface area (Å²) < 4.78 is 12.8. The van der Waals surface area contributed by atoms with Gasteiger partial charge in [0.2, 0.25) is 0 Å². The van der Waals surface area contributed by atoms with E-state index in [0.717, 1.165) is 5.56 Å². The Morgan fingerprint density at radius 1 is 1.31 bits per heavy atom. The molecule has 0 spiro atoms. The minimum Gasteiger partial charge on any atom is -0.411 e. The monoisotopic (exact) mass is 261 g/mol. The lowest BCUT2D eigenvalue weighted by Crippen LogP contribution is -2.25. The molecule has 0 saturated heterocycles. The van der Waals surface area contributed by atoms with Crippen LogP contribution >= 0.6 is 23.2 Å². The van der Waals surface area contributed by atoms with E-state index in [2.05, 4.69) is 0 Å². The van der Waals surface area contributed by atoms with Crippen LogP contribution in [0.3, 0.4) is 0 Å². The van der Waals surface area contributed by atoms with Crippen LogP contribution in [0.5, 0.6) is 0 Å². The van der Waals surface area contributed by atoms with Gasteiger partial charge in [-0.2, -0.15) is 0 Å². The van der Waals surface area contributed by atoms with Gasteiger partial charge in [0.25, 0.3) is 0 Å². The molecule has 86 valence electrons. The van der Waals surface area contributed by atoms with Crippen molar-refractivity contribution < 1.29 is 9.23 Å². The summed E-state index contributed by atoms with van der Waals surface area (Å²) in [4.78, 5) is 5.26. The van der Waals surface area contributed by atoms with Crippen molar-refractivity contribution in [3.8, 4) is 0 Å². The number of hydrogen-bond acceptors (Lipinski definition) is 2. The molecule has 0 aromatic heterocycles. The van der Waals surface area contributed by atoms with Gasteiger partial charge in [0.1, 0.15) is 18.1 Å². The van der Waals surface area contributed by atoms with Crippen molar-refractivity contribution in [2.24, 2.45) is 0 Å². The first-order valence-electron chi connectivity index (χ1n) is 4.83. The van der Waals surface area contributed by atoms with Crippen LogP contribution in [0.4, 0.5) is 4.39 Å². The maximum absolute atomic E-state index is 12.8. The van der Waals surface area contributed by atoms with Crippen molar-refractivity contribution in [1.29, 1.82) is 0 Å². The van der Waals surface area contributed by atoms with Crippen LogP contribution in [-0.4, -0.2) is 17.5 Å². The Hall–Kier alpha value is -0.770. The Labute approximate surface area is 103 Å². The molecule has 1 aromatic carbocycles. The number of rotatable bonds is 3. The number of benzene rings is 1. The lowest BCUT2D eigenvalue weighted by Gasteiger charge is -2.22. The molecular weight excluding hydrogens is 252 g/mol. The van der Waals surface area contributed by atoms with Gasteiger partial charge < -0.3 is 4.84 Å². The molecule has 1 aliphatic heterocycles. The number of alkyl halides is 1. The predicted molar refractivity (Wildman–Crippen MR) is 61.6 cm³/mol. The number of halogens is 3. The largest absolute Gasteiger partial charge is 0.411 e. The van der Waals surface area contributed by atoms with E-state index in [0.29, 0.717) is 17.5 Å². The topological polar surface area (TPSA) is 12.5 Å². The van der Waals surface area contributed by atoms with Gasteiger partial charge in [-0.25, -0.2) is 4.39 Å². The van der Waals surface area contributed by atoms with Gasteiger partial charge in [0, 0.05) is 12.4 Å². The fourth-order valence-corrected chi connectivity index (χ4v) is 2.06. The summed E-state index contributed by atoms with van der Waals surface area (Å²) in [6.45, 7) is 0.552. The lowest BCUT2D eigenvalue weighted by molar-refractivity contribution is -0.100. The summed E-state index contributed by atoms with van der Waals surface area (Å²) in [6, 6.07) is 5.98. The highest BCUT2D eigenvalue weighted by atomic mass is 35.5. The smallest absolute Gasteiger partial charge is 0.128 e. The summed E-state index contributed by atoms with van der Waals surface area (Å²) in [5.74, 6) is 0.169. The van der Waals surface area contributed by atoms with Crippen molar-refractivity contribution in [3.63, 3.8) is 0 Å². The molecule has 1 aliphatic rings. The average Bonchev–Trinajstić information content (AvgIpc) is 2.62. The Balaban J connectivity index is 2.23. The Bertz CT molecular complexity index is 393. The van der Waals surface area contributed by atoms with Crippen molar-refractivity contribution in [3.05, 3.63) is 46.9 Å². The molecule has 5 heteroatoms. The van der Waals surface area contributed by atoms with Crippen molar-refractivity contribution in [2.75, 3.05) is 12.4 Å². The second-order valence-corrected chi connectivity index (χ2v) is 4.21. The van der Waals surface area contributed by atoms with E-state index >= 15 is 0 Å². The predicted octanol–water partition coefficient (Wildman–Crippen LogP) is 3.43. The molecule has 0 aliphatic carbocycles. The Morgan fingerprint density at radius 3 is 2.62 bits per heavy atom. The van der Waals surface area contributed by atoms with Gasteiger partial charge in [-0.1, -0.05) is 23.7 Å². The van der Waals surface area contributed by atoms with Crippen molar-refractivity contribution >= 4 is 23.2 Å².